The van der Waals surface area contributed by atoms with Crippen LogP contribution < -0.4 is 25.2 Å². The number of H-pyrrole nitrogens is 1. The Morgan fingerprint density at radius 1 is 0.793 bits per heavy atom. The highest BCUT2D eigenvalue weighted by Gasteiger charge is 2.55. The number of carbonyl (C=O) groups is 2. The maximum absolute atomic E-state index is 17.8. The molecule has 0 saturated heterocycles. The molecular weight excluding hydrogens is 1140 g/mol. The van der Waals surface area contributed by atoms with Gasteiger partial charge in [0, 0.05) is 57.9 Å². The van der Waals surface area contributed by atoms with E-state index in [1.54, 1.807) is 59.8 Å². The number of halogens is 1. The van der Waals surface area contributed by atoms with Crippen LogP contribution in [0.5, 0.6) is 17.2 Å². The first-order chi connectivity index (χ1) is 40.1. The molecule has 1 atom stereocenters. The zero-order valence-corrected chi connectivity index (χ0v) is 45.6. The van der Waals surface area contributed by atoms with Crippen LogP contribution in [0.1, 0.15) is 16.8 Å². The number of aromatic nitrogens is 8. The molecule has 0 radical (unpaired) electrons. The lowest BCUT2D eigenvalue weighted by atomic mass is 9.83. The predicted octanol–water partition coefficient (Wildman–Crippen LogP) is 11.9. The minimum absolute atomic E-state index is 0.0226. The Balaban J connectivity index is 1.10. The number of aromatic amines is 1. The van der Waals surface area contributed by atoms with Crippen LogP contribution in [0.3, 0.4) is 0 Å². The Kier molecular flexibility index (Phi) is 10.7. The molecule has 4 aliphatic rings. The quantitative estimate of drug-likeness (QED) is 0.0933. The fourth-order valence-electron chi connectivity index (χ4n) is 11.1. The summed E-state index contributed by atoms with van der Waals surface area (Å²) in [5.74, 6) is -2.22. The van der Waals surface area contributed by atoms with Crippen LogP contribution in [0.4, 0.5) is 21.6 Å². The number of fused-ring (bicyclic) bond motifs is 8. The summed E-state index contributed by atoms with van der Waals surface area (Å²) < 4.78 is 32.5. The Morgan fingerprint density at radius 2 is 1.66 bits per heavy atom. The summed E-state index contributed by atoms with van der Waals surface area (Å²) in [5.41, 5.74) is 8.80. The first-order valence-corrected chi connectivity index (χ1v) is 29.1. The van der Waals surface area contributed by atoms with E-state index < -0.39 is 27.9 Å². The summed E-state index contributed by atoms with van der Waals surface area (Å²) in [6.07, 6.45) is 11.2. The molecule has 5 N–H and O–H groups in total. The van der Waals surface area contributed by atoms with Gasteiger partial charge >= 0.3 is 0 Å². The van der Waals surface area contributed by atoms with E-state index in [2.05, 4.69) is 29.6 Å². The van der Waals surface area contributed by atoms with Crippen molar-refractivity contribution in [2.24, 2.45) is 0 Å². The number of rotatable bonds is 7. The molecule has 0 aliphatic carbocycles. The normalized spacial score (nSPS) is 16.5. The fourth-order valence-corrected chi connectivity index (χ4v) is 15.1. The molecule has 18 nitrogen and oxygen atoms in total. The van der Waals surface area contributed by atoms with Crippen molar-refractivity contribution in [1.29, 1.82) is 0 Å². The molecule has 16 rings (SSSR count). The SMILES string of the molecule is O=C1COc2cc(F)c(-c3c(-c4cc5cccc(O)c5c(=O)[nH]4)c(C4(c5ccc6scnc6c5)Sc5c(ncc(-c6ccc7snnc7c6)c5C5=CC6=CNSN6C=C5)N(c5cnc6scnc6c5)C4=O)nc4c(O)cccc34)cc2N1. The van der Waals surface area contributed by atoms with Gasteiger partial charge in [0.15, 0.2) is 17.2 Å². The number of ether oxygens (including phenoxy) is 1. The molecule has 11 heterocycles. The minimum Gasteiger partial charge on any atom is -0.507 e. The van der Waals surface area contributed by atoms with Gasteiger partial charge in [-0.3, -0.25) is 23.6 Å². The van der Waals surface area contributed by atoms with Gasteiger partial charge in [-0.2, -0.15) is 0 Å². The van der Waals surface area contributed by atoms with E-state index in [9.17, 15) is 19.8 Å². The van der Waals surface area contributed by atoms with Crippen LogP contribution in [0.2, 0.25) is 0 Å². The summed E-state index contributed by atoms with van der Waals surface area (Å²) in [6, 6.07) is 26.7. The van der Waals surface area contributed by atoms with Crippen LogP contribution >= 0.6 is 58.1 Å². The van der Waals surface area contributed by atoms with Crippen molar-refractivity contribution in [3.05, 3.63) is 184 Å². The van der Waals surface area contributed by atoms with Crippen molar-refractivity contribution in [3.8, 4) is 50.8 Å². The molecule has 12 aromatic rings. The molecule has 2 amide bonds. The number of thioether (sulfide) groups is 1. The molecule has 24 heteroatoms. The van der Waals surface area contributed by atoms with E-state index >= 15 is 9.18 Å². The average Bonchev–Trinajstić information content (AvgIpc) is 2.88. The van der Waals surface area contributed by atoms with Crippen LogP contribution in [-0.2, 0) is 14.3 Å². The van der Waals surface area contributed by atoms with Gasteiger partial charge in [-0.05, 0) is 100 Å². The van der Waals surface area contributed by atoms with Crippen molar-refractivity contribution >= 4 is 145 Å². The number of carbonyl (C=O) groups excluding carboxylic acids is 2. The van der Waals surface area contributed by atoms with Crippen LogP contribution in [-0.4, -0.2) is 72.4 Å². The molecule has 0 saturated carbocycles. The summed E-state index contributed by atoms with van der Waals surface area (Å²) in [7, 11) is 0. The van der Waals surface area contributed by atoms with Gasteiger partial charge in [0.25, 0.3) is 17.4 Å². The van der Waals surface area contributed by atoms with E-state index in [0.717, 1.165) is 44.1 Å². The van der Waals surface area contributed by atoms with Gasteiger partial charge in [0.1, 0.15) is 44.4 Å². The van der Waals surface area contributed by atoms with E-state index in [-0.39, 0.29) is 79.7 Å². The second kappa shape index (κ2) is 18.2. The topological polar surface area (TPSA) is 237 Å². The number of phenols is 2. The summed E-state index contributed by atoms with van der Waals surface area (Å²) in [4.78, 5) is 75.9. The molecule has 5 aromatic carbocycles. The molecule has 0 bridgehead atoms. The highest BCUT2D eigenvalue weighted by Crippen LogP contribution is 2.62. The number of benzene rings is 5. The number of nitrogens with zero attached hydrogens (tertiary/aromatic N) is 9. The number of para-hydroxylation sites is 1. The minimum atomic E-state index is -2.15. The van der Waals surface area contributed by atoms with Crippen molar-refractivity contribution in [1.82, 2.24) is 48.5 Å². The van der Waals surface area contributed by atoms with Crippen molar-refractivity contribution in [2.75, 3.05) is 16.8 Å². The third-order valence-corrected chi connectivity index (χ3v) is 19.2. The molecule has 0 fully saturated rings. The number of anilines is 3. The van der Waals surface area contributed by atoms with Crippen molar-refractivity contribution in [3.63, 3.8) is 0 Å². The lowest BCUT2D eigenvalue weighted by Gasteiger charge is -2.43. The Bertz CT molecular complexity index is 5020. The third-order valence-electron chi connectivity index (χ3n) is 14.7. The van der Waals surface area contributed by atoms with E-state index in [1.165, 1.54) is 69.4 Å². The number of hydrogen-bond acceptors (Lipinski definition) is 20. The summed E-state index contributed by atoms with van der Waals surface area (Å²) >= 11 is 6.56. The lowest BCUT2D eigenvalue weighted by molar-refractivity contribution is -0.120. The Hall–Kier alpha value is -9.59. The van der Waals surface area contributed by atoms with Gasteiger partial charge in [-0.15, -0.1) is 27.8 Å². The van der Waals surface area contributed by atoms with Crippen LogP contribution in [0.15, 0.2) is 160 Å². The number of pyridine rings is 4. The third kappa shape index (κ3) is 7.31. The number of phenolic OH excluding ortho intramolecular Hbond substituents is 2. The molecule has 0 spiro atoms. The number of thiazole rings is 2. The highest BCUT2D eigenvalue weighted by atomic mass is 32.2. The number of amides is 2. The maximum Gasteiger partial charge on any atom is 0.262 e. The Morgan fingerprint density at radius 3 is 2.59 bits per heavy atom. The second-order valence-electron chi connectivity index (χ2n) is 19.3. The lowest BCUT2D eigenvalue weighted by Crippen LogP contribution is -2.48. The average molecular weight is 1170 g/mol. The summed E-state index contributed by atoms with van der Waals surface area (Å²) in [6.45, 7) is -0.347. The number of nitrogens with one attached hydrogen (secondary N) is 3. The van der Waals surface area contributed by atoms with Crippen molar-refractivity contribution < 1.29 is 28.9 Å². The van der Waals surface area contributed by atoms with E-state index in [0.29, 0.717) is 54.0 Å². The molecule has 4 aliphatic heterocycles. The fraction of sp³-hybridized carbons (Fsp3) is 0.0345. The van der Waals surface area contributed by atoms with E-state index in [1.807, 2.05) is 65.3 Å². The monoisotopic (exact) mass is 1170 g/mol. The van der Waals surface area contributed by atoms with Gasteiger partial charge in [0.05, 0.1) is 83.0 Å². The van der Waals surface area contributed by atoms with Gasteiger partial charge < -0.3 is 30.0 Å². The molecule has 396 valence electrons. The van der Waals surface area contributed by atoms with Crippen molar-refractivity contribution in [2.45, 2.75) is 9.64 Å². The van der Waals surface area contributed by atoms with Crippen LogP contribution in [0, 0.1) is 5.82 Å². The van der Waals surface area contributed by atoms with Gasteiger partial charge in [-0.1, -0.05) is 52.6 Å². The highest BCUT2D eigenvalue weighted by molar-refractivity contribution is 8.01. The zero-order chi connectivity index (χ0) is 55.1. The first-order valence-electron chi connectivity index (χ1n) is 25.0. The second-order valence-corrected chi connectivity index (χ2v) is 23.8. The molecular formula is C58H31FN12O6S5. The standard InChI is InChI=1S/C58H31FN12O6S5/c59-35-19-43-36(65-46(74)23-77-43)18-33(35)49-32-4-2-6-42(73)51(32)67-53(50(49)39-15-27-3-1-5-41(72)48(27)55(75)66-39)58(29-8-10-44-37(16-29)62-24-78-44)57(76)71(31-17-40-56(61-20-31)79-25-63-40)54-52(80-58)47(28-11-12-70-30(13-28)21-64-82-70)34(22-60-54)26-7-9-45-38(14-26)68-69-81-45/h1-22,24-25,64,72-73H,23H2,(H,65,74)(H,66,75). The smallest absolute Gasteiger partial charge is 0.262 e. The molecule has 7 aromatic heterocycles. The number of hydrogen-bond donors (Lipinski definition) is 5. The van der Waals surface area contributed by atoms with E-state index in [4.69, 9.17) is 24.7 Å². The maximum atomic E-state index is 17.8. The Labute approximate surface area is 480 Å². The molecule has 82 heavy (non-hydrogen) atoms. The largest absolute Gasteiger partial charge is 0.507 e. The summed E-state index contributed by atoms with van der Waals surface area (Å²) in [5, 5.41) is 31.2. The van der Waals surface area contributed by atoms with Gasteiger partial charge in [-0.25, -0.2) is 29.3 Å². The van der Waals surface area contributed by atoms with Crippen LogP contribution in [0.25, 0.3) is 91.5 Å². The predicted molar refractivity (Wildman–Crippen MR) is 317 cm³/mol. The van der Waals surface area contributed by atoms with Gasteiger partial charge in [0.2, 0.25) is 0 Å². The zero-order valence-electron chi connectivity index (χ0n) is 41.5. The number of allylic oxidation sites excluding steroid dienone is 3. The molecule has 1 unspecified atom stereocenters. The number of aromatic hydroxyl groups is 2. The first kappa shape index (κ1) is 48.3.